The lowest BCUT2D eigenvalue weighted by atomic mass is 10.0. The molecule has 8 heteroatoms. The molecule has 1 aliphatic heterocycles. The van der Waals surface area contributed by atoms with E-state index < -0.39 is 10.0 Å². The standard InChI is InChI=1S/C25H35N3O4S/c1-4-28(5-2)33(30,31)23-11-9-10-21(18-23)25(29)26-19-24(27-16-7-6-8-17-27)20-12-14-22(32-3)15-13-20/h9-15,18,24H,4-8,16-17,19H2,1-3H3,(H,26,29)/t24-/m1/s1. The number of benzene rings is 2. The van der Waals surface area contributed by atoms with Gasteiger partial charge in [0, 0.05) is 25.2 Å². The van der Waals surface area contributed by atoms with E-state index in [1.165, 1.54) is 16.8 Å². The summed E-state index contributed by atoms with van der Waals surface area (Å²) >= 11 is 0. The van der Waals surface area contributed by atoms with Gasteiger partial charge in [0.05, 0.1) is 18.0 Å². The Balaban J connectivity index is 1.77. The van der Waals surface area contributed by atoms with E-state index in [1.54, 1.807) is 39.2 Å². The van der Waals surface area contributed by atoms with Crippen molar-refractivity contribution in [2.45, 2.75) is 44.0 Å². The lowest BCUT2D eigenvalue weighted by molar-refractivity contribution is 0.0924. The summed E-state index contributed by atoms with van der Waals surface area (Å²) in [5, 5.41) is 3.04. The molecular weight excluding hydrogens is 438 g/mol. The zero-order valence-electron chi connectivity index (χ0n) is 19.8. The minimum Gasteiger partial charge on any atom is -0.497 e. The molecular formula is C25H35N3O4S. The summed E-state index contributed by atoms with van der Waals surface area (Å²) in [6.45, 7) is 6.80. The molecule has 0 bridgehead atoms. The molecule has 1 amide bonds. The predicted molar refractivity (Wildman–Crippen MR) is 130 cm³/mol. The molecule has 180 valence electrons. The van der Waals surface area contributed by atoms with Crippen LogP contribution in [0.25, 0.3) is 0 Å². The molecule has 3 rings (SSSR count). The lowest BCUT2D eigenvalue weighted by Crippen LogP contribution is -2.40. The summed E-state index contributed by atoms with van der Waals surface area (Å²) in [5.41, 5.74) is 1.46. The van der Waals surface area contributed by atoms with Crippen LogP contribution in [-0.4, -0.2) is 63.4 Å². The Hall–Kier alpha value is -2.42. The number of rotatable bonds is 10. The number of hydrogen-bond donors (Lipinski definition) is 1. The van der Waals surface area contributed by atoms with Gasteiger partial charge in [-0.05, 0) is 61.8 Å². The highest BCUT2D eigenvalue weighted by atomic mass is 32.2. The summed E-state index contributed by atoms with van der Waals surface area (Å²) < 4.78 is 32.4. The van der Waals surface area contributed by atoms with Crippen molar-refractivity contribution in [2.24, 2.45) is 0 Å². The van der Waals surface area contributed by atoms with Gasteiger partial charge >= 0.3 is 0 Å². The SMILES string of the molecule is CCN(CC)S(=O)(=O)c1cccc(C(=O)NC[C@H](c2ccc(OC)cc2)N2CCCCC2)c1. The van der Waals surface area contributed by atoms with Gasteiger partial charge in [0.25, 0.3) is 5.91 Å². The van der Waals surface area contributed by atoms with Gasteiger partial charge in [0.15, 0.2) is 0 Å². The highest BCUT2D eigenvalue weighted by molar-refractivity contribution is 7.89. The number of hydrogen-bond acceptors (Lipinski definition) is 5. The molecule has 0 unspecified atom stereocenters. The number of likely N-dealkylation sites (tertiary alicyclic amines) is 1. The number of amides is 1. The molecule has 0 aliphatic carbocycles. The fourth-order valence-electron chi connectivity index (χ4n) is 4.32. The van der Waals surface area contributed by atoms with Crippen LogP contribution in [0.2, 0.25) is 0 Å². The predicted octanol–water partition coefficient (Wildman–Crippen LogP) is 3.68. The van der Waals surface area contributed by atoms with Gasteiger partial charge in [0.1, 0.15) is 5.75 Å². The first-order chi connectivity index (χ1) is 15.9. The fraction of sp³-hybridized carbons (Fsp3) is 0.480. The largest absolute Gasteiger partial charge is 0.497 e. The van der Waals surface area contributed by atoms with E-state index in [9.17, 15) is 13.2 Å². The van der Waals surface area contributed by atoms with E-state index in [-0.39, 0.29) is 16.8 Å². The topological polar surface area (TPSA) is 79.0 Å². The number of ether oxygens (including phenoxy) is 1. The average molecular weight is 474 g/mol. The number of nitrogens with one attached hydrogen (secondary N) is 1. The number of piperidine rings is 1. The van der Waals surface area contributed by atoms with E-state index in [4.69, 9.17) is 4.74 Å². The highest BCUT2D eigenvalue weighted by Crippen LogP contribution is 2.26. The molecule has 0 aromatic heterocycles. The molecule has 1 N–H and O–H groups in total. The van der Waals surface area contributed by atoms with Crippen molar-refractivity contribution in [3.63, 3.8) is 0 Å². The van der Waals surface area contributed by atoms with Gasteiger partial charge < -0.3 is 10.1 Å². The monoisotopic (exact) mass is 473 g/mol. The number of sulfonamides is 1. The first-order valence-corrected chi connectivity index (χ1v) is 13.1. The molecule has 2 aromatic rings. The number of carbonyl (C=O) groups is 1. The molecule has 1 saturated heterocycles. The summed E-state index contributed by atoms with van der Waals surface area (Å²) in [7, 11) is -1.98. The first kappa shape index (κ1) is 25.2. The van der Waals surface area contributed by atoms with Gasteiger partial charge in [-0.2, -0.15) is 4.31 Å². The van der Waals surface area contributed by atoms with Crippen molar-refractivity contribution in [1.29, 1.82) is 0 Å². The normalized spacial score (nSPS) is 15.9. The van der Waals surface area contributed by atoms with Crippen LogP contribution in [0.5, 0.6) is 5.75 Å². The van der Waals surface area contributed by atoms with Crippen LogP contribution in [0.4, 0.5) is 0 Å². The molecule has 7 nitrogen and oxygen atoms in total. The maximum Gasteiger partial charge on any atom is 0.251 e. The highest BCUT2D eigenvalue weighted by Gasteiger charge is 2.25. The van der Waals surface area contributed by atoms with Crippen molar-refractivity contribution in [3.8, 4) is 5.75 Å². The molecule has 33 heavy (non-hydrogen) atoms. The Morgan fingerprint density at radius 1 is 1.06 bits per heavy atom. The van der Waals surface area contributed by atoms with Crippen LogP contribution < -0.4 is 10.1 Å². The first-order valence-electron chi connectivity index (χ1n) is 11.7. The molecule has 0 spiro atoms. The fourth-order valence-corrected chi connectivity index (χ4v) is 5.82. The van der Waals surface area contributed by atoms with Gasteiger partial charge in [-0.3, -0.25) is 9.69 Å². The maximum absolute atomic E-state index is 13.0. The zero-order valence-corrected chi connectivity index (χ0v) is 20.6. The second kappa shape index (κ2) is 11.6. The van der Waals surface area contributed by atoms with E-state index in [0.29, 0.717) is 25.2 Å². The molecule has 1 aliphatic rings. The summed E-state index contributed by atoms with van der Waals surface area (Å²) in [6.07, 6.45) is 3.52. The molecule has 0 radical (unpaired) electrons. The molecule has 1 heterocycles. The third-order valence-corrected chi connectivity index (χ3v) is 8.27. The van der Waals surface area contributed by atoms with E-state index in [2.05, 4.69) is 10.2 Å². The quantitative estimate of drug-likeness (QED) is 0.569. The Kier molecular flexibility index (Phi) is 8.88. The maximum atomic E-state index is 13.0. The second-order valence-electron chi connectivity index (χ2n) is 8.21. The molecule has 1 fully saturated rings. The zero-order chi connectivity index (χ0) is 23.8. The average Bonchev–Trinajstić information content (AvgIpc) is 2.85. The van der Waals surface area contributed by atoms with Crippen LogP contribution in [-0.2, 0) is 10.0 Å². The van der Waals surface area contributed by atoms with Gasteiger partial charge in [-0.15, -0.1) is 0 Å². The molecule has 1 atom stereocenters. The Labute approximate surface area is 197 Å². The van der Waals surface area contributed by atoms with Gasteiger partial charge in [-0.1, -0.05) is 38.5 Å². The van der Waals surface area contributed by atoms with Crippen LogP contribution >= 0.6 is 0 Å². The third-order valence-electron chi connectivity index (χ3n) is 6.23. The van der Waals surface area contributed by atoms with Crippen LogP contribution in [0, 0.1) is 0 Å². The number of nitrogens with zero attached hydrogens (tertiary/aromatic N) is 2. The van der Waals surface area contributed by atoms with Crippen LogP contribution in [0.1, 0.15) is 55.1 Å². The van der Waals surface area contributed by atoms with Crippen LogP contribution in [0.3, 0.4) is 0 Å². The van der Waals surface area contributed by atoms with Crippen molar-refractivity contribution >= 4 is 15.9 Å². The van der Waals surface area contributed by atoms with E-state index in [0.717, 1.165) is 37.2 Å². The summed E-state index contributed by atoms with van der Waals surface area (Å²) in [6, 6.07) is 14.3. The van der Waals surface area contributed by atoms with E-state index in [1.807, 2.05) is 24.3 Å². The Morgan fingerprint density at radius 3 is 2.33 bits per heavy atom. The lowest BCUT2D eigenvalue weighted by Gasteiger charge is -2.35. The van der Waals surface area contributed by atoms with E-state index >= 15 is 0 Å². The summed E-state index contributed by atoms with van der Waals surface area (Å²) in [4.78, 5) is 15.5. The minimum absolute atomic E-state index is 0.0442. The molecule has 2 aromatic carbocycles. The van der Waals surface area contributed by atoms with Crippen LogP contribution in [0.15, 0.2) is 53.4 Å². The van der Waals surface area contributed by atoms with Crippen molar-refractivity contribution < 1.29 is 17.9 Å². The van der Waals surface area contributed by atoms with Crippen molar-refractivity contribution in [3.05, 3.63) is 59.7 Å². The number of carbonyl (C=O) groups excluding carboxylic acids is 1. The van der Waals surface area contributed by atoms with Crippen molar-refractivity contribution in [2.75, 3.05) is 39.8 Å². The Bertz CT molecular complexity index is 1010. The Morgan fingerprint density at radius 2 is 1.73 bits per heavy atom. The smallest absolute Gasteiger partial charge is 0.251 e. The minimum atomic E-state index is -3.62. The molecule has 0 saturated carbocycles. The second-order valence-corrected chi connectivity index (χ2v) is 10.2. The summed E-state index contributed by atoms with van der Waals surface area (Å²) in [5.74, 6) is 0.522. The third kappa shape index (κ3) is 6.13. The van der Waals surface area contributed by atoms with Gasteiger partial charge in [0.2, 0.25) is 10.0 Å². The number of methoxy groups -OCH3 is 1. The van der Waals surface area contributed by atoms with Crippen molar-refractivity contribution in [1.82, 2.24) is 14.5 Å². The van der Waals surface area contributed by atoms with Gasteiger partial charge in [-0.25, -0.2) is 8.42 Å².